The minimum absolute atomic E-state index is 0.930. The molecule has 0 saturated carbocycles. The topological polar surface area (TPSA) is 18.1 Å². The lowest BCUT2D eigenvalue weighted by molar-refractivity contribution is 0.668. The fraction of sp³-hybridized carbons (Fsp3) is 0.0323. The average Bonchev–Trinajstić information content (AvgIpc) is 3.38. The predicted molar refractivity (Wildman–Crippen MR) is 138 cm³/mol. The molecule has 0 N–H and O–H groups in total. The van der Waals surface area contributed by atoms with E-state index in [0.717, 1.165) is 21.9 Å². The first-order valence-electron chi connectivity index (χ1n) is 11.3. The lowest BCUT2D eigenvalue weighted by Crippen LogP contribution is -1.97. The van der Waals surface area contributed by atoms with E-state index in [9.17, 15) is 0 Å². The average molecular weight is 424 g/mol. The molecule has 0 fully saturated rings. The van der Waals surface area contributed by atoms with Crippen LogP contribution >= 0.6 is 0 Å². The van der Waals surface area contributed by atoms with Crippen molar-refractivity contribution in [2.75, 3.05) is 0 Å². The van der Waals surface area contributed by atoms with Crippen LogP contribution in [-0.4, -0.2) is 4.57 Å². The fourth-order valence-corrected chi connectivity index (χ4v) is 5.24. The van der Waals surface area contributed by atoms with Crippen LogP contribution in [0, 0.1) is 6.92 Å². The van der Waals surface area contributed by atoms with E-state index >= 15 is 0 Å². The van der Waals surface area contributed by atoms with E-state index in [1.54, 1.807) is 0 Å². The quantitative estimate of drug-likeness (QED) is 0.272. The van der Waals surface area contributed by atoms with E-state index in [1.807, 2.05) is 12.1 Å². The number of aromatic nitrogens is 1. The summed E-state index contributed by atoms with van der Waals surface area (Å²) in [7, 11) is 0. The molecule has 2 nitrogen and oxygen atoms in total. The third-order valence-electron chi connectivity index (χ3n) is 6.74. The molecule has 0 amide bonds. The van der Waals surface area contributed by atoms with Crippen molar-refractivity contribution in [3.8, 4) is 16.8 Å². The van der Waals surface area contributed by atoms with Gasteiger partial charge in [0, 0.05) is 27.1 Å². The predicted octanol–water partition coefficient (Wildman–Crippen LogP) is 8.66. The summed E-state index contributed by atoms with van der Waals surface area (Å²) in [6.07, 6.45) is 0. The van der Waals surface area contributed by atoms with E-state index in [2.05, 4.69) is 109 Å². The van der Waals surface area contributed by atoms with Crippen LogP contribution in [0.15, 0.2) is 114 Å². The van der Waals surface area contributed by atoms with Crippen molar-refractivity contribution in [2.24, 2.45) is 0 Å². The molecule has 0 radical (unpaired) electrons. The highest BCUT2D eigenvalue weighted by atomic mass is 16.3. The third-order valence-corrected chi connectivity index (χ3v) is 6.74. The summed E-state index contributed by atoms with van der Waals surface area (Å²) < 4.78 is 8.54. The van der Waals surface area contributed by atoms with Crippen LogP contribution in [0.25, 0.3) is 60.6 Å². The van der Waals surface area contributed by atoms with E-state index in [4.69, 9.17) is 4.42 Å². The maximum atomic E-state index is 6.14. The summed E-state index contributed by atoms with van der Waals surface area (Å²) in [5, 5.41) is 4.86. The number of benzene rings is 5. The van der Waals surface area contributed by atoms with Crippen molar-refractivity contribution in [3.05, 3.63) is 115 Å². The molecule has 0 spiro atoms. The summed E-state index contributed by atoms with van der Waals surface area (Å²) in [6.45, 7) is 2.17. The van der Waals surface area contributed by atoms with Gasteiger partial charge in [0.05, 0.1) is 16.7 Å². The Labute approximate surface area is 191 Å². The highest BCUT2D eigenvalue weighted by Crippen LogP contribution is 2.39. The Morgan fingerprint density at radius 1 is 0.515 bits per heavy atom. The monoisotopic (exact) mass is 423 g/mol. The van der Waals surface area contributed by atoms with Gasteiger partial charge in [-0.3, -0.25) is 0 Å². The van der Waals surface area contributed by atoms with Gasteiger partial charge in [0.25, 0.3) is 0 Å². The van der Waals surface area contributed by atoms with Crippen LogP contribution in [0.3, 0.4) is 0 Å². The molecule has 7 aromatic rings. The molecule has 33 heavy (non-hydrogen) atoms. The van der Waals surface area contributed by atoms with Crippen molar-refractivity contribution in [1.82, 2.24) is 4.57 Å². The van der Waals surface area contributed by atoms with Gasteiger partial charge in [-0.1, -0.05) is 72.8 Å². The van der Waals surface area contributed by atoms with Gasteiger partial charge < -0.3 is 8.98 Å². The van der Waals surface area contributed by atoms with Crippen LogP contribution in [0.5, 0.6) is 0 Å². The third kappa shape index (κ3) is 2.61. The van der Waals surface area contributed by atoms with Crippen molar-refractivity contribution in [2.45, 2.75) is 6.92 Å². The second-order valence-corrected chi connectivity index (χ2v) is 8.65. The lowest BCUT2D eigenvalue weighted by Gasteiger charge is -2.15. The minimum atomic E-state index is 0.930. The maximum absolute atomic E-state index is 6.14. The summed E-state index contributed by atoms with van der Waals surface area (Å²) >= 11 is 0. The second kappa shape index (κ2) is 6.85. The van der Waals surface area contributed by atoms with Crippen molar-refractivity contribution in [1.29, 1.82) is 0 Å². The largest absolute Gasteiger partial charge is 0.456 e. The first kappa shape index (κ1) is 18.3. The van der Waals surface area contributed by atoms with Crippen molar-refractivity contribution >= 4 is 43.7 Å². The minimum Gasteiger partial charge on any atom is -0.456 e. The Balaban J connectivity index is 1.57. The standard InChI is InChI=1S/C31H21NO/c1-20-18-31-26(24-13-5-9-17-30(24)33-31)19-25(20)23-12-4-8-16-29(23)32-27-14-6-2-10-21(27)22-11-3-7-15-28(22)32/h2-19H,1H3. The molecule has 2 aromatic heterocycles. The number of nitrogens with zero attached hydrogens (tertiary/aromatic N) is 1. The Morgan fingerprint density at radius 3 is 1.88 bits per heavy atom. The summed E-state index contributed by atoms with van der Waals surface area (Å²) in [4.78, 5) is 0. The molecule has 0 aliphatic carbocycles. The van der Waals surface area contributed by atoms with Crippen LogP contribution in [0.4, 0.5) is 0 Å². The van der Waals surface area contributed by atoms with Gasteiger partial charge >= 0.3 is 0 Å². The molecule has 0 atom stereocenters. The van der Waals surface area contributed by atoms with E-state index in [1.165, 1.54) is 44.2 Å². The smallest absolute Gasteiger partial charge is 0.135 e. The van der Waals surface area contributed by atoms with Gasteiger partial charge in [0.1, 0.15) is 11.2 Å². The fourth-order valence-electron chi connectivity index (χ4n) is 5.24. The number of hydrogen-bond donors (Lipinski definition) is 0. The summed E-state index contributed by atoms with van der Waals surface area (Å²) in [5.74, 6) is 0. The zero-order valence-electron chi connectivity index (χ0n) is 18.2. The molecule has 0 unspecified atom stereocenters. The van der Waals surface area contributed by atoms with Crippen LogP contribution < -0.4 is 0 Å². The molecule has 0 aliphatic rings. The number of fused-ring (bicyclic) bond motifs is 6. The van der Waals surface area contributed by atoms with Crippen LogP contribution in [0.2, 0.25) is 0 Å². The number of rotatable bonds is 2. The molecule has 5 aromatic carbocycles. The zero-order chi connectivity index (χ0) is 21.9. The first-order chi connectivity index (χ1) is 16.3. The molecule has 2 heterocycles. The van der Waals surface area contributed by atoms with E-state index < -0.39 is 0 Å². The molecular formula is C31H21NO. The number of aryl methyl sites for hydroxylation is 1. The van der Waals surface area contributed by atoms with Gasteiger partial charge in [-0.2, -0.15) is 0 Å². The Hall–Kier alpha value is -4.30. The van der Waals surface area contributed by atoms with Gasteiger partial charge in [-0.15, -0.1) is 0 Å². The van der Waals surface area contributed by atoms with Gasteiger partial charge in [0.15, 0.2) is 0 Å². The second-order valence-electron chi connectivity index (χ2n) is 8.65. The highest BCUT2D eigenvalue weighted by molar-refractivity contribution is 6.10. The van der Waals surface area contributed by atoms with Crippen LogP contribution in [-0.2, 0) is 0 Å². The summed E-state index contributed by atoms with van der Waals surface area (Å²) in [6, 6.07) is 38.8. The molecule has 0 bridgehead atoms. The Bertz CT molecular complexity index is 1780. The van der Waals surface area contributed by atoms with Crippen LogP contribution in [0.1, 0.15) is 5.56 Å². The number of hydrogen-bond acceptors (Lipinski definition) is 1. The zero-order valence-corrected chi connectivity index (χ0v) is 18.2. The maximum Gasteiger partial charge on any atom is 0.135 e. The normalized spacial score (nSPS) is 11.8. The lowest BCUT2D eigenvalue weighted by atomic mass is 9.96. The molecule has 2 heteroatoms. The molecule has 0 aliphatic heterocycles. The van der Waals surface area contributed by atoms with Gasteiger partial charge in [-0.25, -0.2) is 0 Å². The van der Waals surface area contributed by atoms with Crippen molar-refractivity contribution in [3.63, 3.8) is 0 Å². The number of furan rings is 1. The SMILES string of the molecule is Cc1cc2oc3ccccc3c2cc1-c1ccccc1-n1c2ccccc2c2ccccc21. The highest BCUT2D eigenvalue weighted by Gasteiger charge is 2.17. The van der Waals surface area contributed by atoms with Crippen molar-refractivity contribution < 1.29 is 4.42 Å². The molecule has 156 valence electrons. The van der Waals surface area contributed by atoms with Gasteiger partial charge in [0.2, 0.25) is 0 Å². The Kier molecular flexibility index (Phi) is 3.80. The molecular weight excluding hydrogens is 402 g/mol. The first-order valence-corrected chi connectivity index (χ1v) is 11.3. The molecule has 7 rings (SSSR count). The van der Waals surface area contributed by atoms with E-state index in [0.29, 0.717) is 0 Å². The number of para-hydroxylation sites is 4. The molecule has 0 saturated heterocycles. The summed E-state index contributed by atoms with van der Waals surface area (Å²) in [5.41, 5.74) is 9.14. The Morgan fingerprint density at radius 2 is 1.12 bits per heavy atom. The van der Waals surface area contributed by atoms with Gasteiger partial charge in [-0.05, 0) is 54.4 Å². The van der Waals surface area contributed by atoms with E-state index in [-0.39, 0.29) is 0 Å².